The molecule has 2 amide bonds. The second-order valence-corrected chi connectivity index (χ2v) is 14.0. The van der Waals surface area contributed by atoms with Crippen molar-refractivity contribution in [3.63, 3.8) is 0 Å². The van der Waals surface area contributed by atoms with Crippen molar-refractivity contribution in [3.05, 3.63) is 18.0 Å². The molecule has 6 rings (SSSR count). The van der Waals surface area contributed by atoms with Gasteiger partial charge in [-0.15, -0.1) is 0 Å². The first kappa shape index (κ1) is 30.5. The van der Waals surface area contributed by atoms with E-state index in [1.807, 2.05) is 11.6 Å². The van der Waals surface area contributed by atoms with Crippen LogP contribution in [-0.2, 0) is 25.8 Å². The van der Waals surface area contributed by atoms with E-state index >= 15 is 0 Å². The Labute approximate surface area is 259 Å². The smallest absolute Gasteiger partial charge is 0.297 e. The van der Waals surface area contributed by atoms with Crippen LogP contribution in [0.5, 0.6) is 0 Å². The lowest BCUT2D eigenvalue weighted by Gasteiger charge is -2.39. The van der Waals surface area contributed by atoms with Crippen LogP contribution in [0.25, 0.3) is 11.0 Å². The number of fused-ring (bicyclic) bond motifs is 1. The van der Waals surface area contributed by atoms with Crippen LogP contribution in [0.15, 0.2) is 17.5 Å². The Hall–Kier alpha value is -3.50. The lowest BCUT2D eigenvalue weighted by Crippen LogP contribution is -2.64. The van der Waals surface area contributed by atoms with E-state index in [1.54, 1.807) is 12.4 Å². The fourth-order valence-corrected chi connectivity index (χ4v) is 7.51. The number of anilines is 1. The van der Waals surface area contributed by atoms with Gasteiger partial charge >= 0.3 is 0 Å². The normalized spacial score (nSPS) is 23.1. The van der Waals surface area contributed by atoms with Gasteiger partial charge in [-0.05, 0) is 59.3 Å². The third kappa shape index (κ3) is 5.94. The van der Waals surface area contributed by atoms with Crippen molar-refractivity contribution in [2.24, 2.45) is 5.16 Å². The number of rotatable bonds is 8. The summed E-state index contributed by atoms with van der Waals surface area (Å²) in [5.41, 5.74) is 0.0843. The number of aromatic nitrogens is 3. The summed E-state index contributed by atoms with van der Waals surface area (Å²) in [5.74, 6) is -0.591. The number of hydrogen-bond donors (Lipinski definition) is 3. The average molecular weight is 606 g/mol. The number of nitrogens with zero attached hydrogens (tertiary/aromatic N) is 4. The molecular formula is C33H47N7O4. The Kier molecular flexibility index (Phi) is 8.41. The molecule has 4 aliphatic rings. The van der Waals surface area contributed by atoms with Crippen LogP contribution in [0.2, 0.25) is 0 Å². The summed E-state index contributed by atoms with van der Waals surface area (Å²) in [4.78, 5) is 51.2. The van der Waals surface area contributed by atoms with E-state index < -0.39 is 28.5 Å². The van der Waals surface area contributed by atoms with Crippen molar-refractivity contribution >= 4 is 40.0 Å². The van der Waals surface area contributed by atoms with Crippen molar-refractivity contribution in [2.75, 3.05) is 5.32 Å². The monoisotopic (exact) mass is 605 g/mol. The fraction of sp³-hybridized carbons (Fsp3) is 0.697. The molecule has 0 atom stereocenters. The first-order valence-corrected chi connectivity index (χ1v) is 16.7. The van der Waals surface area contributed by atoms with Gasteiger partial charge in [0.25, 0.3) is 17.4 Å². The Morgan fingerprint density at radius 3 is 2.09 bits per heavy atom. The largest absolute Gasteiger partial charge is 0.381 e. The van der Waals surface area contributed by atoms with Gasteiger partial charge in [-0.2, -0.15) is 5.10 Å². The van der Waals surface area contributed by atoms with Crippen molar-refractivity contribution < 1.29 is 19.2 Å². The summed E-state index contributed by atoms with van der Waals surface area (Å²) in [6.07, 6.45) is 16.0. The molecule has 0 bridgehead atoms. The number of hydrogen-bond acceptors (Lipinski definition) is 8. The Morgan fingerprint density at radius 2 is 1.52 bits per heavy atom. The minimum atomic E-state index is -1.83. The number of oxime groups is 1. The molecule has 0 aromatic carbocycles. The zero-order valence-electron chi connectivity index (χ0n) is 26.5. The fourth-order valence-electron chi connectivity index (χ4n) is 7.51. The quantitative estimate of drug-likeness (QED) is 0.363. The van der Waals surface area contributed by atoms with Crippen LogP contribution in [0, 0.1) is 0 Å². The van der Waals surface area contributed by atoms with Crippen LogP contribution < -0.4 is 16.0 Å². The number of amides is 2. The first-order chi connectivity index (χ1) is 21.1. The van der Waals surface area contributed by atoms with Crippen molar-refractivity contribution in [3.8, 4) is 0 Å². The molecule has 3 fully saturated rings. The summed E-state index contributed by atoms with van der Waals surface area (Å²) >= 11 is 0. The van der Waals surface area contributed by atoms with Gasteiger partial charge in [0.1, 0.15) is 5.78 Å². The highest BCUT2D eigenvalue weighted by molar-refractivity contribution is 6.19. The van der Waals surface area contributed by atoms with E-state index in [1.165, 1.54) is 0 Å². The maximum absolute atomic E-state index is 14.2. The lowest BCUT2D eigenvalue weighted by molar-refractivity contribution is -0.160. The topological polar surface area (TPSA) is 140 Å². The summed E-state index contributed by atoms with van der Waals surface area (Å²) in [7, 11) is 0. The maximum atomic E-state index is 14.2. The van der Waals surface area contributed by atoms with Gasteiger partial charge in [0.05, 0.1) is 29.4 Å². The van der Waals surface area contributed by atoms with E-state index in [-0.39, 0.29) is 18.2 Å². The molecule has 3 saturated carbocycles. The van der Waals surface area contributed by atoms with Gasteiger partial charge in [0.15, 0.2) is 5.65 Å². The molecule has 238 valence electrons. The SMILES string of the molecule is CCn1ncc2c(NC3CCC(=O)CC3)c(C3=NOC(C(=O)NC4(C)CCCCC4)(C(=O)NC4(C)CCCCC4)C3)cnc21. The van der Waals surface area contributed by atoms with Gasteiger partial charge < -0.3 is 20.8 Å². The average Bonchev–Trinajstić information content (AvgIpc) is 3.65. The van der Waals surface area contributed by atoms with Gasteiger partial charge in [-0.3, -0.25) is 14.4 Å². The molecule has 44 heavy (non-hydrogen) atoms. The highest BCUT2D eigenvalue weighted by Crippen LogP contribution is 2.37. The van der Waals surface area contributed by atoms with E-state index in [9.17, 15) is 14.4 Å². The molecule has 0 spiro atoms. The van der Waals surface area contributed by atoms with Crippen molar-refractivity contribution in [1.29, 1.82) is 0 Å². The van der Waals surface area contributed by atoms with Gasteiger partial charge in [0, 0.05) is 48.3 Å². The second-order valence-electron chi connectivity index (χ2n) is 14.0. The molecule has 3 heterocycles. The Balaban J connectivity index is 1.34. The number of ketones is 1. The maximum Gasteiger partial charge on any atom is 0.297 e. The number of carbonyl (C=O) groups excluding carboxylic acids is 3. The predicted octanol–water partition coefficient (Wildman–Crippen LogP) is 4.92. The van der Waals surface area contributed by atoms with Crippen LogP contribution >= 0.6 is 0 Å². The minimum absolute atomic E-state index is 0.0102. The molecule has 11 heteroatoms. The molecule has 3 aliphatic carbocycles. The minimum Gasteiger partial charge on any atom is -0.381 e. The van der Waals surface area contributed by atoms with Crippen LogP contribution in [0.3, 0.4) is 0 Å². The van der Waals surface area contributed by atoms with Gasteiger partial charge in [0.2, 0.25) is 0 Å². The zero-order valence-corrected chi connectivity index (χ0v) is 26.5. The summed E-state index contributed by atoms with van der Waals surface area (Å²) in [6, 6.07) is 0.0961. The third-order valence-electron chi connectivity index (χ3n) is 10.4. The molecule has 2 aromatic heterocycles. The van der Waals surface area contributed by atoms with Crippen LogP contribution in [0.1, 0.15) is 123 Å². The Bertz CT molecular complexity index is 1400. The standard InChI is InChI=1S/C33H47N7O4/c1-4-40-28-25(21-35-40)27(36-22-11-13-23(41)14-12-22)24(20-34-28)26-19-33(44-39-26,29(42)37-31(2)15-7-5-8-16-31)30(43)38-32(3)17-9-6-10-18-32/h20-22H,4-19H2,1-3H3,(H,34,36)(H,37,42)(H,38,43). The van der Waals surface area contributed by atoms with E-state index in [4.69, 9.17) is 9.82 Å². The number of carbonyl (C=O) groups is 3. The van der Waals surface area contributed by atoms with E-state index in [0.29, 0.717) is 30.7 Å². The molecule has 3 N–H and O–H groups in total. The highest BCUT2D eigenvalue weighted by Gasteiger charge is 2.56. The van der Waals surface area contributed by atoms with Gasteiger partial charge in [-0.25, -0.2) is 9.67 Å². The predicted molar refractivity (Wildman–Crippen MR) is 168 cm³/mol. The summed E-state index contributed by atoms with van der Waals surface area (Å²) in [5, 5.41) is 20.0. The van der Waals surface area contributed by atoms with E-state index in [0.717, 1.165) is 93.8 Å². The third-order valence-corrected chi connectivity index (χ3v) is 10.4. The second kappa shape index (κ2) is 12.1. The number of pyridine rings is 1. The molecule has 1 aliphatic heterocycles. The van der Waals surface area contributed by atoms with E-state index in [2.05, 4.69) is 40.1 Å². The summed E-state index contributed by atoms with van der Waals surface area (Å²) in [6.45, 7) is 6.81. The molecule has 0 unspecified atom stereocenters. The molecule has 2 aromatic rings. The van der Waals surface area contributed by atoms with Gasteiger partial charge in [-0.1, -0.05) is 43.7 Å². The number of aryl methyl sites for hydroxylation is 1. The van der Waals surface area contributed by atoms with Crippen LogP contribution in [-0.4, -0.2) is 60.8 Å². The molecule has 11 nitrogen and oxygen atoms in total. The first-order valence-electron chi connectivity index (χ1n) is 16.7. The number of Topliss-reactive ketones (excluding diaryl/α,β-unsaturated/α-hetero) is 1. The Morgan fingerprint density at radius 1 is 0.932 bits per heavy atom. The number of nitrogens with one attached hydrogen (secondary N) is 3. The molecule has 0 radical (unpaired) electrons. The van der Waals surface area contributed by atoms with Crippen molar-refractivity contribution in [1.82, 2.24) is 25.4 Å². The van der Waals surface area contributed by atoms with Crippen LogP contribution in [0.4, 0.5) is 5.69 Å². The zero-order chi connectivity index (χ0) is 31.0. The lowest BCUT2D eigenvalue weighted by atomic mass is 9.81. The van der Waals surface area contributed by atoms with Crippen molar-refractivity contribution in [2.45, 2.75) is 146 Å². The highest BCUT2D eigenvalue weighted by atomic mass is 16.7. The summed E-state index contributed by atoms with van der Waals surface area (Å²) < 4.78 is 1.84. The molecule has 0 saturated heterocycles. The molecular weight excluding hydrogens is 558 g/mol.